The maximum atomic E-state index is 13.1. The minimum Gasteiger partial charge on any atom is -0.492 e. The lowest BCUT2D eigenvalue weighted by Crippen LogP contribution is -2.48. The highest BCUT2D eigenvalue weighted by molar-refractivity contribution is 5.28. The van der Waals surface area contributed by atoms with E-state index in [9.17, 15) is 9.50 Å². The van der Waals surface area contributed by atoms with Crippen LogP contribution >= 0.6 is 0 Å². The molecule has 0 aliphatic carbocycles. The zero-order valence-corrected chi connectivity index (χ0v) is 19.3. The van der Waals surface area contributed by atoms with E-state index in [0.29, 0.717) is 32.1 Å². The molecule has 1 N–H and O–H groups in total. The van der Waals surface area contributed by atoms with Gasteiger partial charge in [-0.25, -0.2) is 4.39 Å². The van der Waals surface area contributed by atoms with Gasteiger partial charge in [-0.2, -0.15) is 0 Å². The molecule has 2 aromatic rings. The van der Waals surface area contributed by atoms with Gasteiger partial charge in [0.05, 0.1) is 13.2 Å². The van der Waals surface area contributed by atoms with Crippen LogP contribution in [0, 0.1) is 5.82 Å². The van der Waals surface area contributed by atoms with Gasteiger partial charge in [0.15, 0.2) is 0 Å². The molecule has 4 rings (SSSR count). The number of nitrogens with zero attached hydrogens (tertiary/aromatic N) is 2. The maximum absolute atomic E-state index is 13.1. The summed E-state index contributed by atoms with van der Waals surface area (Å²) in [5, 5.41) is 11.1. The second kappa shape index (κ2) is 11.8. The van der Waals surface area contributed by atoms with Gasteiger partial charge in [0.2, 0.25) is 0 Å². The molecule has 2 aliphatic rings. The smallest absolute Gasteiger partial charge is 0.134 e. The first-order chi connectivity index (χ1) is 16.1. The topological polar surface area (TPSA) is 54.4 Å². The Labute approximate surface area is 195 Å². The second-order valence-electron chi connectivity index (χ2n) is 9.13. The lowest BCUT2D eigenvalue weighted by Gasteiger charge is -2.30. The summed E-state index contributed by atoms with van der Waals surface area (Å²) < 4.78 is 30.5. The SMILES string of the molecule is O[C@]1(COc2ccc(F)cc2)COCCN(Cc2cccc(OCCN3CCCCC3)c2)C1. The van der Waals surface area contributed by atoms with Crippen LogP contribution in [-0.4, -0.2) is 79.7 Å². The summed E-state index contributed by atoms with van der Waals surface area (Å²) in [7, 11) is 0. The third-order valence-corrected chi connectivity index (χ3v) is 6.19. The lowest BCUT2D eigenvalue weighted by molar-refractivity contribution is -0.0646. The Bertz CT molecular complexity index is 860. The lowest BCUT2D eigenvalue weighted by atomic mass is 10.1. The molecule has 0 saturated carbocycles. The third kappa shape index (κ3) is 7.67. The fourth-order valence-electron chi connectivity index (χ4n) is 4.43. The Morgan fingerprint density at radius 2 is 1.76 bits per heavy atom. The van der Waals surface area contributed by atoms with Gasteiger partial charge in [0.25, 0.3) is 0 Å². The van der Waals surface area contributed by atoms with Crippen molar-refractivity contribution in [1.82, 2.24) is 9.80 Å². The van der Waals surface area contributed by atoms with E-state index in [1.165, 1.54) is 44.5 Å². The van der Waals surface area contributed by atoms with Crippen molar-refractivity contribution in [2.24, 2.45) is 0 Å². The molecule has 2 aromatic carbocycles. The number of ether oxygens (including phenoxy) is 3. The van der Waals surface area contributed by atoms with E-state index in [4.69, 9.17) is 14.2 Å². The van der Waals surface area contributed by atoms with Crippen LogP contribution in [0.1, 0.15) is 24.8 Å². The molecule has 1 atom stereocenters. The molecular weight excluding hydrogens is 423 g/mol. The highest BCUT2D eigenvalue weighted by Crippen LogP contribution is 2.20. The van der Waals surface area contributed by atoms with E-state index in [2.05, 4.69) is 21.9 Å². The van der Waals surface area contributed by atoms with Crippen LogP contribution in [0.25, 0.3) is 0 Å². The summed E-state index contributed by atoms with van der Waals surface area (Å²) in [6, 6.07) is 14.0. The molecule has 0 radical (unpaired) electrons. The first kappa shape index (κ1) is 24.0. The van der Waals surface area contributed by atoms with Crippen molar-refractivity contribution in [1.29, 1.82) is 0 Å². The summed E-state index contributed by atoms with van der Waals surface area (Å²) in [4.78, 5) is 4.65. The Hall–Kier alpha value is -2.19. The molecule has 0 spiro atoms. The summed E-state index contributed by atoms with van der Waals surface area (Å²) in [5.74, 6) is 1.09. The number of likely N-dealkylation sites (tertiary alicyclic amines) is 1. The van der Waals surface area contributed by atoms with Crippen molar-refractivity contribution in [2.45, 2.75) is 31.4 Å². The molecule has 6 nitrogen and oxygen atoms in total. The Kier molecular flexibility index (Phi) is 8.56. The van der Waals surface area contributed by atoms with E-state index < -0.39 is 5.60 Å². The first-order valence-corrected chi connectivity index (χ1v) is 11.9. The van der Waals surface area contributed by atoms with Gasteiger partial charge in [-0.15, -0.1) is 0 Å². The van der Waals surface area contributed by atoms with Crippen LogP contribution in [0.5, 0.6) is 11.5 Å². The molecular formula is C26H35FN2O4. The number of piperidine rings is 1. The normalized spacial score (nSPS) is 22.6. The fourth-order valence-corrected chi connectivity index (χ4v) is 4.43. The standard InChI is InChI=1S/C26H35FN2O4/c27-23-7-9-24(10-8-23)33-21-26(30)19-29(13-15-31-20-26)18-22-5-4-6-25(17-22)32-16-14-28-11-2-1-3-12-28/h4-10,17,30H,1-3,11-16,18-21H2/t26-/m0/s1. The molecule has 7 heteroatoms. The van der Waals surface area contributed by atoms with E-state index >= 15 is 0 Å². The third-order valence-electron chi connectivity index (χ3n) is 6.19. The number of β-amino-alcohol motifs (C(OH)–C–C–N with tert-alkyl or cyclic N) is 1. The van der Waals surface area contributed by atoms with E-state index in [0.717, 1.165) is 24.4 Å². The summed E-state index contributed by atoms with van der Waals surface area (Å²) in [6.45, 7) is 6.67. The largest absolute Gasteiger partial charge is 0.492 e. The van der Waals surface area contributed by atoms with E-state index in [1.54, 1.807) is 12.1 Å². The van der Waals surface area contributed by atoms with Crippen molar-refractivity contribution in [2.75, 3.05) is 59.2 Å². The van der Waals surface area contributed by atoms with Crippen molar-refractivity contribution >= 4 is 0 Å². The highest BCUT2D eigenvalue weighted by atomic mass is 19.1. The molecule has 0 amide bonds. The van der Waals surface area contributed by atoms with Crippen molar-refractivity contribution < 1.29 is 23.7 Å². The monoisotopic (exact) mass is 458 g/mol. The molecule has 2 heterocycles. The van der Waals surface area contributed by atoms with Gasteiger partial charge in [0, 0.05) is 26.2 Å². The van der Waals surface area contributed by atoms with Crippen molar-refractivity contribution in [3.8, 4) is 11.5 Å². The summed E-state index contributed by atoms with van der Waals surface area (Å²) in [5.41, 5.74) is -0.0119. The number of rotatable bonds is 9. The Balaban J connectivity index is 1.28. The molecule has 0 aromatic heterocycles. The molecule has 180 valence electrons. The number of aliphatic hydroxyl groups is 1. The van der Waals surface area contributed by atoms with Gasteiger partial charge < -0.3 is 19.3 Å². The van der Waals surface area contributed by atoms with Crippen LogP contribution in [-0.2, 0) is 11.3 Å². The van der Waals surface area contributed by atoms with E-state index in [-0.39, 0.29) is 19.0 Å². The molecule has 33 heavy (non-hydrogen) atoms. The predicted octanol–water partition coefficient (Wildman–Crippen LogP) is 3.33. The molecule has 0 bridgehead atoms. The Morgan fingerprint density at radius 3 is 2.58 bits per heavy atom. The average Bonchev–Trinajstić information content (AvgIpc) is 3.01. The number of hydrogen-bond acceptors (Lipinski definition) is 6. The Morgan fingerprint density at radius 1 is 0.939 bits per heavy atom. The first-order valence-electron chi connectivity index (χ1n) is 11.9. The number of halogens is 1. The van der Waals surface area contributed by atoms with Gasteiger partial charge in [-0.1, -0.05) is 18.6 Å². The highest BCUT2D eigenvalue weighted by Gasteiger charge is 2.33. The fraction of sp³-hybridized carbons (Fsp3) is 0.538. The zero-order chi connectivity index (χ0) is 22.9. The van der Waals surface area contributed by atoms with Crippen LogP contribution in [0.2, 0.25) is 0 Å². The van der Waals surface area contributed by atoms with Gasteiger partial charge in [0.1, 0.15) is 36.1 Å². The molecule has 2 aliphatic heterocycles. The molecule has 2 fully saturated rings. The van der Waals surface area contributed by atoms with Gasteiger partial charge >= 0.3 is 0 Å². The van der Waals surface area contributed by atoms with Crippen molar-refractivity contribution in [3.05, 3.63) is 59.9 Å². The maximum Gasteiger partial charge on any atom is 0.134 e. The molecule has 2 saturated heterocycles. The minimum absolute atomic E-state index is 0.0782. The number of hydrogen-bond donors (Lipinski definition) is 1. The van der Waals surface area contributed by atoms with E-state index in [1.807, 2.05) is 12.1 Å². The minimum atomic E-state index is -1.15. The van der Waals surface area contributed by atoms with Crippen LogP contribution in [0.3, 0.4) is 0 Å². The zero-order valence-electron chi connectivity index (χ0n) is 19.3. The number of benzene rings is 2. The average molecular weight is 459 g/mol. The van der Waals surface area contributed by atoms with Crippen LogP contribution in [0.15, 0.2) is 48.5 Å². The quantitative estimate of drug-likeness (QED) is 0.622. The predicted molar refractivity (Wildman–Crippen MR) is 125 cm³/mol. The van der Waals surface area contributed by atoms with Gasteiger partial charge in [-0.05, 0) is 67.9 Å². The van der Waals surface area contributed by atoms with Crippen molar-refractivity contribution in [3.63, 3.8) is 0 Å². The van der Waals surface area contributed by atoms with Gasteiger partial charge in [-0.3, -0.25) is 9.80 Å². The van der Waals surface area contributed by atoms with Crippen LogP contribution in [0.4, 0.5) is 4.39 Å². The molecule has 0 unspecified atom stereocenters. The van der Waals surface area contributed by atoms with Crippen LogP contribution < -0.4 is 9.47 Å². The second-order valence-corrected chi connectivity index (χ2v) is 9.13. The summed E-state index contributed by atoms with van der Waals surface area (Å²) in [6.07, 6.45) is 3.92. The summed E-state index contributed by atoms with van der Waals surface area (Å²) >= 11 is 0.